The number of nitrogens with zero attached hydrogens (tertiary/aromatic N) is 2. The molecule has 0 amide bonds. The molecular formula is C12H15N5O. The number of para-hydroxylation sites is 1. The van der Waals surface area contributed by atoms with E-state index in [2.05, 4.69) is 20.7 Å². The van der Waals surface area contributed by atoms with Gasteiger partial charge in [-0.15, -0.1) is 0 Å². The molecule has 0 saturated carbocycles. The lowest BCUT2D eigenvalue weighted by atomic mass is 10.2. The van der Waals surface area contributed by atoms with Crippen LogP contribution in [0.2, 0.25) is 0 Å². The van der Waals surface area contributed by atoms with Crippen molar-refractivity contribution in [2.24, 2.45) is 5.84 Å². The number of aromatic nitrogens is 2. The van der Waals surface area contributed by atoms with Gasteiger partial charge in [-0.3, -0.25) is 5.43 Å². The zero-order valence-corrected chi connectivity index (χ0v) is 10.1. The molecule has 0 bridgehead atoms. The van der Waals surface area contributed by atoms with Crippen molar-refractivity contribution in [2.75, 3.05) is 17.9 Å². The van der Waals surface area contributed by atoms with E-state index in [4.69, 9.17) is 10.6 Å². The topological polar surface area (TPSA) is 85.1 Å². The number of hydrogen-bond donors (Lipinski definition) is 3. The molecule has 0 fully saturated rings. The van der Waals surface area contributed by atoms with Gasteiger partial charge in [0.15, 0.2) is 0 Å². The molecule has 1 aromatic carbocycles. The predicted octanol–water partition coefficient (Wildman–Crippen LogP) is 1.65. The predicted molar refractivity (Wildman–Crippen MR) is 70.3 cm³/mol. The number of rotatable bonds is 5. The Morgan fingerprint density at radius 3 is 2.89 bits per heavy atom. The molecule has 0 aliphatic heterocycles. The third kappa shape index (κ3) is 2.93. The second-order valence-corrected chi connectivity index (χ2v) is 3.62. The second-order valence-electron chi connectivity index (χ2n) is 3.62. The van der Waals surface area contributed by atoms with Crippen LogP contribution in [0, 0.1) is 0 Å². The third-order valence-electron chi connectivity index (χ3n) is 2.36. The third-order valence-corrected chi connectivity index (χ3v) is 2.36. The quantitative estimate of drug-likeness (QED) is 0.548. The maximum absolute atomic E-state index is 5.27. The summed E-state index contributed by atoms with van der Waals surface area (Å²) in [7, 11) is 1.66. The Morgan fingerprint density at radius 1 is 1.28 bits per heavy atom. The Morgan fingerprint density at radius 2 is 2.11 bits per heavy atom. The summed E-state index contributed by atoms with van der Waals surface area (Å²) in [5.74, 6) is 6.30. The van der Waals surface area contributed by atoms with Gasteiger partial charge in [0.1, 0.15) is 5.82 Å². The highest BCUT2D eigenvalue weighted by Crippen LogP contribution is 2.20. The van der Waals surface area contributed by atoms with Crippen LogP contribution in [0.1, 0.15) is 5.56 Å². The fourth-order valence-corrected chi connectivity index (χ4v) is 1.56. The maximum atomic E-state index is 5.27. The van der Waals surface area contributed by atoms with Gasteiger partial charge in [-0.2, -0.15) is 4.98 Å². The van der Waals surface area contributed by atoms with Crippen LogP contribution in [-0.4, -0.2) is 17.1 Å². The van der Waals surface area contributed by atoms with E-state index in [1.54, 1.807) is 19.4 Å². The van der Waals surface area contributed by atoms with E-state index in [0.29, 0.717) is 18.4 Å². The number of nitrogen functional groups attached to an aromatic ring is 1. The van der Waals surface area contributed by atoms with E-state index >= 15 is 0 Å². The molecule has 0 unspecified atom stereocenters. The van der Waals surface area contributed by atoms with Crippen molar-refractivity contribution in [3.05, 3.63) is 42.1 Å². The molecule has 0 aliphatic rings. The average Bonchev–Trinajstić information content (AvgIpc) is 2.41. The second kappa shape index (κ2) is 5.95. The fourth-order valence-electron chi connectivity index (χ4n) is 1.56. The fraction of sp³-hybridized carbons (Fsp3) is 0.167. The maximum Gasteiger partial charge on any atom is 0.239 e. The Balaban J connectivity index is 2.22. The molecule has 18 heavy (non-hydrogen) atoms. The van der Waals surface area contributed by atoms with Gasteiger partial charge in [-0.1, -0.05) is 18.2 Å². The molecule has 0 aliphatic carbocycles. The van der Waals surface area contributed by atoms with Gasteiger partial charge in [-0.05, 0) is 12.1 Å². The van der Waals surface area contributed by atoms with Gasteiger partial charge in [0.2, 0.25) is 5.95 Å². The minimum atomic E-state index is 0.365. The molecule has 6 heteroatoms. The highest BCUT2D eigenvalue weighted by Gasteiger charge is 2.03. The number of anilines is 3. The standard InChI is InChI=1S/C12H15N5O/c1-18-8-9-4-2-3-5-10(9)15-11-6-7-14-12(16-11)17-13/h2-7H,8,13H2,1H3,(H2,14,15,16,17). The zero-order chi connectivity index (χ0) is 12.8. The summed E-state index contributed by atoms with van der Waals surface area (Å²) in [4.78, 5) is 8.13. The number of hydrogen-bond acceptors (Lipinski definition) is 6. The molecule has 0 radical (unpaired) electrons. The van der Waals surface area contributed by atoms with Crippen LogP contribution in [0.4, 0.5) is 17.5 Å². The van der Waals surface area contributed by atoms with Crippen molar-refractivity contribution in [1.82, 2.24) is 9.97 Å². The first-order valence-corrected chi connectivity index (χ1v) is 5.47. The van der Waals surface area contributed by atoms with Crippen LogP contribution in [0.25, 0.3) is 0 Å². The number of benzene rings is 1. The number of ether oxygens (including phenoxy) is 1. The van der Waals surface area contributed by atoms with Crippen molar-refractivity contribution in [3.8, 4) is 0 Å². The number of hydrazine groups is 1. The smallest absolute Gasteiger partial charge is 0.239 e. The van der Waals surface area contributed by atoms with Crippen molar-refractivity contribution in [2.45, 2.75) is 6.61 Å². The molecule has 0 atom stereocenters. The molecule has 2 rings (SSSR count). The minimum absolute atomic E-state index is 0.365. The SMILES string of the molecule is COCc1ccccc1Nc1ccnc(NN)n1. The van der Waals surface area contributed by atoms with Gasteiger partial charge >= 0.3 is 0 Å². The van der Waals surface area contributed by atoms with E-state index in [9.17, 15) is 0 Å². The largest absolute Gasteiger partial charge is 0.380 e. The van der Waals surface area contributed by atoms with E-state index < -0.39 is 0 Å². The summed E-state index contributed by atoms with van der Waals surface area (Å²) in [5, 5.41) is 3.21. The van der Waals surface area contributed by atoms with E-state index in [1.165, 1.54) is 0 Å². The molecular weight excluding hydrogens is 230 g/mol. The normalized spacial score (nSPS) is 10.1. The van der Waals surface area contributed by atoms with Crippen LogP contribution in [-0.2, 0) is 11.3 Å². The molecule has 94 valence electrons. The lowest BCUT2D eigenvalue weighted by molar-refractivity contribution is 0.185. The first-order valence-electron chi connectivity index (χ1n) is 5.47. The van der Waals surface area contributed by atoms with Gasteiger partial charge in [0, 0.05) is 24.6 Å². The summed E-state index contributed by atoms with van der Waals surface area (Å²) < 4.78 is 5.15. The highest BCUT2D eigenvalue weighted by atomic mass is 16.5. The Hall–Kier alpha value is -2.18. The zero-order valence-electron chi connectivity index (χ0n) is 10.1. The van der Waals surface area contributed by atoms with Gasteiger partial charge < -0.3 is 10.1 Å². The summed E-state index contributed by atoms with van der Waals surface area (Å²) in [6, 6.07) is 9.64. The van der Waals surface area contributed by atoms with Gasteiger partial charge in [0.05, 0.1) is 6.61 Å². The Labute approximate surface area is 105 Å². The summed E-state index contributed by atoms with van der Waals surface area (Å²) >= 11 is 0. The van der Waals surface area contributed by atoms with Crippen LogP contribution in [0.5, 0.6) is 0 Å². The minimum Gasteiger partial charge on any atom is -0.380 e. The monoisotopic (exact) mass is 245 g/mol. The summed E-state index contributed by atoms with van der Waals surface area (Å²) in [5.41, 5.74) is 4.41. The van der Waals surface area contributed by atoms with Crippen molar-refractivity contribution in [3.63, 3.8) is 0 Å². The Bertz CT molecular complexity index is 517. The molecule has 2 aromatic rings. The molecule has 4 N–H and O–H groups in total. The lowest BCUT2D eigenvalue weighted by Crippen LogP contribution is -2.11. The van der Waals surface area contributed by atoms with Crippen LogP contribution >= 0.6 is 0 Å². The van der Waals surface area contributed by atoms with Crippen LogP contribution in [0.15, 0.2) is 36.5 Å². The molecule has 1 heterocycles. The number of methoxy groups -OCH3 is 1. The first kappa shape index (κ1) is 12.3. The van der Waals surface area contributed by atoms with E-state index in [-0.39, 0.29) is 0 Å². The molecule has 0 spiro atoms. The van der Waals surface area contributed by atoms with Crippen LogP contribution in [0.3, 0.4) is 0 Å². The average molecular weight is 245 g/mol. The lowest BCUT2D eigenvalue weighted by Gasteiger charge is -2.11. The van der Waals surface area contributed by atoms with E-state index in [1.807, 2.05) is 24.3 Å². The summed E-state index contributed by atoms with van der Waals surface area (Å²) in [6.07, 6.45) is 1.63. The molecule has 6 nitrogen and oxygen atoms in total. The van der Waals surface area contributed by atoms with Gasteiger partial charge in [-0.25, -0.2) is 10.8 Å². The van der Waals surface area contributed by atoms with Crippen molar-refractivity contribution in [1.29, 1.82) is 0 Å². The van der Waals surface area contributed by atoms with Crippen LogP contribution < -0.4 is 16.6 Å². The molecule has 0 saturated heterocycles. The first-order chi connectivity index (χ1) is 8.83. The highest BCUT2D eigenvalue weighted by molar-refractivity contribution is 5.60. The number of nitrogens with one attached hydrogen (secondary N) is 2. The summed E-state index contributed by atoms with van der Waals surface area (Å²) in [6.45, 7) is 0.538. The Kier molecular flexibility index (Phi) is 4.06. The van der Waals surface area contributed by atoms with Crippen molar-refractivity contribution < 1.29 is 4.74 Å². The number of nitrogens with two attached hydrogens (primary N) is 1. The van der Waals surface area contributed by atoms with Gasteiger partial charge in [0.25, 0.3) is 0 Å². The van der Waals surface area contributed by atoms with E-state index in [0.717, 1.165) is 11.3 Å². The van der Waals surface area contributed by atoms with Crippen molar-refractivity contribution >= 4 is 17.5 Å². The molecule has 1 aromatic heterocycles.